The van der Waals surface area contributed by atoms with Crippen LogP contribution in [0.15, 0.2) is 11.7 Å². The molecule has 5 heteroatoms. The molecule has 0 aromatic carbocycles. The van der Waals surface area contributed by atoms with Crippen molar-refractivity contribution in [2.75, 3.05) is 6.61 Å². The van der Waals surface area contributed by atoms with Crippen molar-refractivity contribution in [1.29, 1.82) is 5.26 Å². The van der Waals surface area contributed by atoms with E-state index in [1.807, 2.05) is 0 Å². The van der Waals surface area contributed by atoms with Crippen molar-refractivity contribution in [3.05, 3.63) is 11.7 Å². The molecule has 0 radical (unpaired) electrons. The average molecular weight is 198 g/mol. The van der Waals surface area contributed by atoms with E-state index in [2.05, 4.69) is 4.74 Å². The van der Waals surface area contributed by atoms with Crippen molar-refractivity contribution in [3.8, 4) is 6.07 Å². The first-order valence-corrected chi connectivity index (χ1v) is 4.26. The molecule has 1 N–H and O–H groups in total. The Morgan fingerprint density at radius 3 is 2.71 bits per heavy atom. The third-order valence-corrected chi connectivity index (χ3v) is 1.45. The van der Waals surface area contributed by atoms with Gasteiger partial charge in [-0.15, -0.1) is 0 Å². The Hall–Kier alpha value is -1.70. The van der Waals surface area contributed by atoms with Gasteiger partial charge in [0.2, 0.25) is 5.78 Å². The first-order valence-electron chi connectivity index (χ1n) is 4.26. The largest absolute Gasteiger partial charge is 0.871 e. The monoisotopic (exact) mass is 198 g/mol. The smallest absolute Gasteiger partial charge is 0.264 e. The van der Waals surface area contributed by atoms with Gasteiger partial charge in [-0.1, -0.05) is 0 Å². The van der Waals surface area contributed by atoms with E-state index in [4.69, 9.17) is 10.4 Å². The molecule has 0 aromatic heterocycles. The number of hydrogen-bond donors (Lipinski definition) is 1. The summed E-state index contributed by atoms with van der Waals surface area (Å²) in [6, 6.07) is 1.44. The summed E-state index contributed by atoms with van der Waals surface area (Å²) in [6.45, 7) is 1.86. The van der Waals surface area contributed by atoms with E-state index < -0.39 is 17.5 Å². The van der Waals surface area contributed by atoms with Crippen LogP contribution >= 0.6 is 0 Å². The molecule has 0 rings (SSSR count). The fourth-order valence-electron chi connectivity index (χ4n) is 0.790. The van der Waals surface area contributed by atoms with E-state index in [0.29, 0.717) is 0 Å². The van der Waals surface area contributed by atoms with Crippen LogP contribution in [0.25, 0.3) is 0 Å². The first-order chi connectivity index (χ1) is 6.61. The van der Waals surface area contributed by atoms with E-state index in [-0.39, 0.29) is 25.9 Å². The first kappa shape index (κ1) is 12.3. The molecule has 0 saturated heterocycles. The van der Waals surface area contributed by atoms with Gasteiger partial charge in [-0.25, -0.2) is 0 Å². The van der Waals surface area contributed by atoms with Gasteiger partial charge in [0.1, 0.15) is 6.07 Å². The van der Waals surface area contributed by atoms with Crippen molar-refractivity contribution < 1.29 is 19.7 Å². The Balaban J connectivity index is 3.85. The lowest BCUT2D eigenvalue weighted by atomic mass is 10.2. The summed E-state index contributed by atoms with van der Waals surface area (Å²) in [7, 11) is 0. The summed E-state index contributed by atoms with van der Waals surface area (Å²) in [6.07, 6.45) is 0.295. The molecule has 0 saturated carbocycles. The zero-order valence-electron chi connectivity index (χ0n) is 7.95. The van der Waals surface area contributed by atoms with E-state index in [9.17, 15) is 9.90 Å². The molecule has 0 fully saturated rings. The predicted molar refractivity (Wildman–Crippen MR) is 45.8 cm³/mol. The van der Waals surface area contributed by atoms with Gasteiger partial charge in [0.15, 0.2) is 0 Å². The Morgan fingerprint density at radius 1 is 1.57 bits per heavy atom. The molecule has 5 nitrogen and oxygen atoms in total. The molecule has 0 heterocycles. The molecular formula is C9H12NO4-. The highest BCUT2D eigenvalue weighted by molar-refractivity contribution is 5.93. The second-order valence-electron chi connectivity index (χ2n) is 2.55. The van der Waals surface area contributed by atoms with Crippen molar-refractivity contribution in [2.45, 2.75) is 26.2 Å². The second-order valence-corrected chi connectivity index (χ2v) is 2.55. The fraction of sp³-hybridized carbons (Fsp3) is 0.556. The standard InChI is InChI=1S/C9H13NO4/c1-2-14-9(13)8(12)5-3-4-7(11)6-10/h12-13H,2-5H2,1H3/p-1/b9-8-. The lowest BCUT2D eigenvalue weighted by Crippen LogP contribution is -2.10. The molecule has 0 bridgehead atoms. The fourth-order valence-corrected chi connectivity index (χ4v) is 0.790. The number of ether oxygens (including phenoxy) is 1. The molecular weight excluding hydrogens is 186 g/mol. The van der Waals surface area contributed by atoms with E-state index in [1.54, 1.807) is 6.92 Å². The van der Waals surface area contributed by atoms with Gasteiger partial charge in [-0.3, -0.25) is 4.79 Å². The van der Waals surface area contributed by atoms with Crippen LogP contribution in [0.4, 0.5) is 0 Å². The zero-order valence-corrected chi connectivity index (χ0v) is 7.95. The summed E-state index contributed by atoms with van der Waals surface area (Å²) in [5.41, 5.74) is 0. The van der Waals surface area contributed by atoms with E-state index in [1.165, 1.54) is 6.07 Å². The molecule has 78 valence electrons. The highest BCUT2D eigenvalue weighted by atomic mass is 16.6. The van der Waals surface area contributed by atoms with Gasteiger partial charge in [-0.05, 0) is 25.5 Å². The molecule has 14 heavy (non-hydrogen) atoms. The minimum absolute atomic E-state index is 0.0131. The van der Waals surface area contributed by atoms with Gasteiger partial charge >= 0.3 is 0 Å². The number of rotatable bonds is 6. The van der Waals surface area contributed by atoms with Crippen LogP contribution in [0, 0.1) is 11.3 Å². The summed E-state index contributed by atoms with van der Waals surface area (Å²) < 4.78 is 4.56. The summed E-state index contributed by atoms with van der Waals surface area (Å²) in [5, 5.41) is 28.1. The number of carbonyl (C=O) groups excluding carboxylic acids is 1. The normalized spacial score (nSPS) is 11.4. The second kappa shape index (κ2) is 6.78. The Morgan fingerprint density at radius 2 is 2.21 bits per heavy atom. The number of aliphatic hydroxyl groups excluding tert-OH is 1. The van der Waals surface area contributed by atoms with Gasteiger partial charge in [0.05, 0.1) is 6.61 Å². The van der Waals surface area contributed by atoms with Gasteiger partial charge in [0, 0.05) is 6.42 Å². The maximum absolute atomic E-state index is 11.0. The summed E-state index contributed by atoms with van der Waals surface area (Å²) in [4.78, 5) is 10.5. The Labute approximate surface area is 82.2 Å². The van der Waals surface area contributed by atoms with E-state index >= 15 is 0 Å². The van der Waals surface area contributed by atoms with Crippen LogP contribution in [0.1, 0.15) is 26.2 Å². The highest BCUT2D eigenvalue weighted by Crippen LogP contribution is 2.06. The van der Waals surface area contributed by atoms with Gasteiger partial charge < -0.3 is 14.9 Å². The lowest BCUT2D eigenvalue weighted by molar-refractivity contribution is -0.316. The number of aliphatic hydroxyl groups is 1. The molecule has 0 aliphatic heterocycles. The van der Waals surface area contributed by atoms with Crippen LogP contribution in [0.5, 0.6) is 0 Å². The van der Waals surface area contributed by atoms with Crippen molar-refractivity contribution in [1.82, 2.24) is 0 Å². The highest BCUT2D eigenvalue weighted by Gasteiger charge is 2.00. The maximum atomic E-state index is 11.0. The number of Topliss-reactive ketones (excluding diaryl/α,β-unsaturated/α-hetero) is 1. The molecule has 0 unspecified atom stereocenters. The molecule has 0 aliphatic carbocycles. The quantitative estimate of drug-likeness (QED) is 0.491. The predicted octanol–water partition coefficient (Wildman–Crippen LogP) is 0.373. The Kier molecular flexibility index (Phi) is 5.95. The number of hydrogen-bond acceptors (Lipinski definition) is 5. The molecule has 0 atom stereocenters. The van der Waals surface area contributed by atoms with Crippen LogP contribution in [-0.2, 0) is 9.53 Å². The third-order valence-electron chi connectivity index (χ3n) is 1.45. The molecule has 0 aromatic rings. The van der Waals surface area contributed by atoms with Crippen molar-refractivity contribution in [2.24, 2.45) is 0 Å². The Bertz CT molecular complexity index is 264. The van der Waals surface area contributed by atoms with Crippen LogP contribution in [0.2, 0.25) is 0 Å². The number of nitriles is 1. The minimum atomic E-state index is -0.628. The third kappa shape index (κ3) is 5.04. The zero-order chi connectivity index (χ0) is 11.0. The summed E-state index contributed by atoms with van der Waals surface area (Å²) in [5.74, 6) is -1.73. The molecule has 0 spiro atoms. The van der Waals surface area contributed by atoms with Crippen molar-refractivity contribution >= 4 is 5.78 Å². The number of carbonyl (C=O) groups is 1. The topological polar surface area (TPSA) is 93.4 Å². The number of allylic oxidation sites excluding steroid dienone is 1. The van der Waals surface area contributed by atoms with Crippen LogP contribution in [0.3, 0.4) is 0 Å². The van der Waals surface area contributed by atoms with Crippen LogP contribution < -0.4 is 5.11 Å². The molecule has 0 aliphatic rings. The molecule has 0 amide bonds. The van der Waals surface area contributed by atoms with Gasteiger partial charge in [-0.2, -0.15) is 5.26 Å². The SMILES string of the molecule is CCO/C(O)=C(\[O-])CCCC(=O)C#N. The average Bonchev–Trinajstić information content (AvgIpc) is 2.17. The number of nitrogens with zero attached hydrogens (tertiary/aromatic N) is 1. The number of ketones is 1. The minimum Gasteiger partial charge on any atom is -0.871 e. The van der Waals surface area contributed by atoms with E-state index in [0.717, 1.165) is 0 Å². The summed E-state index contributed by atoms with van der Waals surface area (Å²) >= 11 is 0. The van der Waals surface area contributed by atoms with Crippen molar-refractivity contribution in [3.63, 3.8) is 0 Å². The maximum Gasteiger partial charge on any atom is 0.264 e. The van der Waals surface area contributed by atoms with Gasteiger partial charge in [0.25, 0.3) is 5.95 Å². The lowest BCUT2D eigenvalue weighted by Gasteiger charge is -2.13. The van der Waals surface area contributed by atoms with Crippen LogP contribution in [-0.4, -0.2) is 17.5 Å².